The van der Waals surface area contributed by atoms with Gasteiger partial charge >= 0.3 is 0 Å². The van der Waals surface area contributed by atoms with Crippen molar-refractivity contribution in [3.63, 3.8) is 0 Å². The van der Waals surface area contributed by atoms with Gasteiger partial charge in [-0.3, -0.25) is 0 Å². The van der Waals surface area contributed by atoms with Crippen molar-refractivity contribution in [2.75, 3.05) is 14.1 Å². The molecule has 0 unspecified atom stereocenters. The Bertz CT molecular complexity index is 830. The van der Waals surface area contributed by atoms with Gasteiger partial charge in [0.1, 0.15) is 0 Å². The number of hydrogen-bond acceptors (Lipinski definition) is 3. The number of hydrogen-bond donors (Lipinski definition) is 0. The zero-order chi connectivity index (χ0) is 33.2. The highest BCUT2D eigenvalue weighted by Gasteiger charge is 2.13. The van der Waals surface area contributed by atoms with Crippen LogP contribution in [0.5, 0.6) is 0 Å². The van der Waals surface area contributed by atoms with Gasteiger partial charge in [-0.2, -0.15) is 0 Å². The van der Waals surface area contributed by atoms with E-state index in [0.29, 0.717) is 6.04 Å². The number of rotatable bonds is 33. The van der Waals surface area contributed by atoms with Crippen LogP contribution >= 0.6 is 0 Å². The fourth-order valence-corrected chi connectivity index (χ4v) is 6.03. The molecule has 0 aliphatic carbocycles. The molecule has 0 atom stereocenters. The lowest BCUT2D eigenvalue weighted by Crippen LogP contribution is -2.11. The second kappa shape index (κ2) is 33.0. The molecule has 1 heterocycles. The third-order valence-corrected chi connectivity index (χ3v) is 8.89. The minimum Gasteiger partial charge on any atom is -0.303 e. The number of allylic oxidation sites excluding steroid dienone is 8. The van der Waals surface area contributed by atoms with Crippen molar-refractivity contribution in [3.05, 3.63) is 60.5 Å². The average Bonchev–Trinajstić information content (AvgIpc) is 3.50. The standard InChI is InChI=1S/C42H76N4/c1-5-7-9-11-13-15-17-19-21-23-25-27-29-31-33-35-37-42(46-40-41(43-44-46)39-45(3)4)38-36-34-32-30-28-26-24-22-20-18-16-14-12-10-8-6-2/h13-16,19-22,40,42H,5-12,17-18,23-39H2,1-4H3. The Kier molecular flexibility index (Phi) is 30.2. The van der Waals surface area contributed by atoms with Crippen LogP contribution in [0.2, 0.25) is 0 Å². The maximum Gasteiger partial charge on any atom is 0.0967 e. The third kappa shape index (κ3) is 27.2. The number of aromatic nitrogens is 3. The molecule has 0 spiro atoms. The molecule has 1 aromatic rings. The van der Waals surface area contributed by atoms with E-state index in [0.717, 1.165) is 25.1 Å². The fraction of sp³-hybridized carbons (Fsp3) is 0.762. The largest absolute Gasteiger partial charge is 0.303 e. The van der Waals surface area contributed by atoms with Crippen molar-refractivity contribution in [2.45, 2.75) is 193 Å². The lowest BCUT2D eigenvalue weighted by molar-refractivity contribution is 0.359. The van der Waals surface area contributed by atoms with E-state index in [1.165, 1.54) is 154 Å². The summed E-state index contributed by atoms with van der Waals surface area (Å²) in [6.07, 6.45) is 54.9. The highest BCUT2D eigenvalue weighted by molar-refractivity contribution is 4.94. The Morgan fingerprint density at radius 2 is 0.935 bits per heavy atom. The van der Waals surface area contributed by atoms with Crippen LogP contribution in [0.25, 0.3) is 0 Å². The van der Waals surface area contributed by atoms with Crippen molar-refractivity contribution in [1.82, 2.24) is 19.9 Å². The molecule has 0 N–H and O–H groups in total. The predicted octanol–water partition coefficient (Wildman–Crippen LogP) is 13.3. The van der Waals surface area contributed by atoms with Crippen molar-refractivity contribution >= 4 is 0 Å². The summed E-state index contributed by atoms with van der Waals surface area (Å²) in [5, 5.41) is 9.05. The lowest BCUT2D eigenvalue weighted by Gasteiger charge is -2.17. The first-order chi connectivity index (χ1) is 22.7. The molecule has 0 fully saturated rings. The molecule has 0 aliphatic rings. The minimum absolute atomic E-state index is 0.500. The Balaban J connectivity index is 2.18. The molecule has 4 heteroatoms. The highest BCUT2D eigenvalue weighted by atomic mass is 15.4. The minimum atomic E-state index is 0.500. The van der Waals surface area contributed by atoms with Gasteiger partial charge in [0.15, 0.2) is 0 Å². The van der Waals surface area contributed by atoms with Crippen LogP contribution in [0.3, 0.4) is 0 Å². The average molecular weight is 637 g/mol. The Labute approximate surface area is 287 Å². The molecular formula is C42H76N4. The summed E-state index contributed by atoms with van der Waals surface area (Å²) >= 11 is 0. The van der Waals surface area contributed by atoms with E-state index in [4.69, 9.17) is 0 Å². The molecule has 0 aromatic carbocycles. The summed E-state index contributed by atoms with van der Waals surface area (Å²) in [6.45, 7) is 5.40. The lowest BCUT2D eigenvalue weighted by atomic mass is 10.00. The van der Waals surface area contributed by atoms with Crippen molar-refractivity contribution in [2.24, 2.45) is 0 Å². The van der Waals surface area contributed by atoms with E-state index in [9.17, 15) is 0 Å². The molecule has 0 aliphatic heterocycles. The Hall–Kier alpha value is -1.94. The number of nitrogens with zero attached hydrogens (tertiary/aromatic N) is 4. The fourth-order valence-electron chi connectivity index (χ4n) is 6.03. The van der Waals surface area contributed by atoms with E-state index in [1.807, 2.05) is 0 Å². The zero-order valence-corrected chi connectivity index (χ0v) is 31.2. The Morgan fingerprint density at radius 3 is 1.35 bits per heavy atom. The van der Waals surface area contributed by atoms with E-state index >= 15 is 0 Å². The molecule has 0 radical (unpaired) electrons. The maximum absolute atomic E-state index is 4.57. The molecule has 0 saturated heterocycles. The third-order valence-electron chi connectivity index (χ3n) is 8.89. The van der Waals surface area contributed by atoms with E-state index in [1.54, 1.807) is 0 Å². The maximum atomic E-state index is 4.57. The van der Waals surface area contributed by atoms with Gasteiger partial charge in [-0.25, -0.2) is 4.68 Å². The van der Waals surface area contributed by atoms with E-state index in [-0.39, 0.29) is 0 Å². The topological polar surface area (TPSA) is 34.0 Å². The molecule has 0 bridgehead atoms. The molecule has 46 heavy (non-hydrogen) atoms. The summed E-state index contributed by atoms with van der Waals surface area (Å²) in [7, 11) is 4.20. The highest BCUT2D eigenvalue weighted by Crippen LogP contribution is 2.23. The van der Waals surface area contributed by atoms with Gasteiger partial charge < -0.3 is 4.90 Å². The quantitative estimate of drug-likeness (QED) is 0.0568. The van der Waals surface area contributed by atoms with Gasteiger partial charge in [-0.05, 0) is 91.1 Å². The summed E-state index contributed by atoms with van der Waals surface area (Å²) in [5.41, 5.74) is 1.09. The summed E-state index contributed by atoms with van der Waals surface area (Å²) in [5.74, 6) is 0. The van der Waals surface area contributed by atoms with Crippen LogP contribution < -0.4 is 0 Å². The Morgan fingerprint density at radius 1 is 0.543 bits per heavy atom. The predicted molar refractivity (Wildman–Crippen MR) is 204 cm³/mol. The van der Waals surface area contributed by atoms with E-state index in [2.05, 4.69) is 103 Å². The SMILES string of the molecule is CCCCCC=CCC=CCCCCCCCCC(CCCCCCCCC=CCC=CCCCCC)n1cc(CN(C)C)nn1. The first kappa shape index (κ1) is 42.1. The van der Waals surface area contributed by atoms with Gasteiger partial charge in [-0.15, -0.1) is 5.10 Å². The van der Waals surface area contributed by atoms with Crippen LogP contribution in [0.4, 0.5) is 0 Å². The summed E-state index contributed by atoms with van der Waals surface area (Å²) in [4.78, 5) is 2.17. The summed E-state index contributed by atoms with van der Waals surface area (Å²) in [6, 6.07) is 0.500. The normalized spacial score (nSPS) is 13.2. The molecule has 0 saturated carbocycles. The van der Waals surface area contributed by atoms with Gasteiger partial charge in [0.05, 0.1) is 17.9 Å². The van der Waals surface area contributed by atoms with Crippen LogP contribution in [-0.4, -0.2) is 34.0 Å². The van der Waals surface area contributed by atoms with Crippen molar-refractivity contribution in [3.8, 4) is 0 Å². The second-order valence-corrected chi connectivity index (χ2v) is 13.8. The van der Waals surface area contributed by atoms with Gasteiger partial charge in [0, 0.05) is 6.54 Å². The molecule has 1 aromatic heterocycles. The van der Waals surface area contributed by atoms with Crippen LogP contribution in [0, 0.1) is 0 Å². The van der Waals surface area contributed by atoms with Gasteiger partial charge in [0.2, 0.25) is 0 Å². The molecule has 0 amide bonds. The van der Waals surface area contributed by atoms with Crippen molar-refractivity contribution < 1.29 is 0 Å². The first-order valence-electron chi connectivity index (χ1n) is 19.8. The van der Waals surface area contributed by atoms with Gasteiger partial charge in [0.25, 0.3) is 0 Å². The van der Waals surface area contributed by atoms with Crippen LogP contribution in [0.15, 0.2) is 54.8 Å². The zero-order valence-electron chi connectivity index (χ0n) is 31.2. The monoisotopic (exact) mass is 637 g/mol. The van der Waals surface area contributed by atoms with Crippen LogP contribution in [-0.2, 0) is 6.54 Å². The summed E-state index contributed by atoms with van der Waals surface area (Å²) < 4.78 is 2.19. The molecule has 264 valence electrons. The molecule has 4 nitrogen and oxygen atoms in total. The molecule has 1 rings (SSSR count). The second-order valence-electron chi connectivity index (χ2n) is 13.8. The van der Waals surface area contributed by atoms with Crippen LogP contribution in [0.1, 0.15) is 193 Å². The molecular weight excluding hydrogens is 560 g/mol. The smallest absolute Gasteiger partial charge is 0.0967 e. The van der Waals surface area contributed by atoms with Gasteiger partial charge in [-0.1, -0.05) is 158 Å². The van der Waals surface area contributed by atoms with Crippen molar-refractivity contribution in [1.29, 1.82) is 0 Å². The first-order valence-corrected chi connectivity index (χ1v) is 19.8. The number of unbranched alkanes of at least 4 members (excludes halogenated alkanes) is 18. The van der Waals surface area contributed by atoms with E-state index < -0.39 is 0 Å².